The van der Waals surface area contributed by atoms with Crippen LogP contribution in [0.15, 0.2) is 6.20 Å². The Morgan fingerprint density at radius 3 is 2.53 bits per heavy atom. The summed E-state index contributed by atoms with van der Waals surface area (Å²) in [6.45, 7) is 5.01. The Balaban J connectivity index is 3.14. The summed E-state index contributed by atoms with van der Waals surface area (Å²) in [5.74, 6) is -0.998. The number of carbonyl (C=O) groups excluding carboxylic acids is 1. The minimum atomic E-state index is -0.998. The van der Waals surface area contributed by atoms with Crippen LogP contribution in [-0.2, 0) is 4.79 Å². The van der Waals surface area contributed by atoms with Crippen molar-refractivity contribution >= 4 is 17.7 Å². The lowest BCUT2D eigenvalue weighted by molar-refractivity contribution is -0.138. The van der Waals surface area contributed by atoms with Crippen LogP contribution in [0.4, 0.5) is 10.5 Å². The molecule has 7 heteroatoms. The first-order chi connectivity index (χ1) is 7.75. The summed E-state index contributed by atoms with van der Waals surface area (Å²) in [5, 5.41) is 15.3. The number of aromatic nitrogens is 2. The number of H-pyrrole nitrogens is 1. The quantitative estimate of drug-likeness (QED) is 0.724. The van der Waals surface area contributed by atoms with Crippen molar-refractivity contribution in [3.63, 3.8) is 0 Å². The maximum atomic E-state index is 11.5. The predicted molar refractivity (Wildman–Crippen MR) is 61.7 cm³/mol. The molecule has 0 aliphatic heterocycles. The number of carbonyl (C=O) groups is 2. The molecule has 0 radical (unpaired) electrons. The highest BCUT2D eigenvalue weighted by atomic mass is 16.4. The summed E-state index contributed by atoms with van der Waals surface area (Å²) in [6, 6.07) is -0.708. The SMILES string of the molecule is Cc1[nH]ncc1N(C(N)=O)C(C)(C)CC(=O)O. The molecule has 0 unspecified atom stereocenters. The summed E-state index contributed by atoms with van der Waals surface area (Å²) in [4.78, 5) is 23.5. The van der Waals surface area contributed by atoms with E-state index >= 15 is 0 Å². The lowest BCUT2D eigenvalue weighted by atomic mass is 9.97. The monoisotopic (exact) mass is 240 g/mol. The zero-order valence-corrected chi connectivity index (χ0v) is 10.0. The second-order valence-electron chi connectivity index (χ2n) is 4.44. The Kier molecular flexibility index (Phi) is 3.40. The van der Waals surface area contributed by atoms with Crippen LogP contribution < -0.4 is 10.6 Å². The summed E-state index contributed by atoms with van der Waals surface area (Å²) in [6.07, 6.45) is 1.24. The van der Waals surface area contributed by atoms with E-state index in [1.54, 1.807) is 20.8 Å². The van der Waals surface area contributed by atoms with E-state index in [1.807, 2.05) is 0 Å². The van der Waals surface area contributed by atoms with Crippen LogP contribution in [0.3, 0.4) is 0 Å². The Morgan fingerprint density at radius 1 is 1.59 bits per heavy atom. The molecule has 0 aliphatic rings. The van der Waals surface area contributed by atoms with Gasteiger partial charge in [-0.25, -0.2) is 4.79 Å². The maximum absolute atomic E-state index is 11.5. The minimum absolute atomic E-state index is 0.208. The number of anilines is 1. The van der Waals surface area contributed by atoms with Crippen LogP contribution >= 0.6 is 0 Å². The second kappa shape index (κ2) is 4.44. The molecular weight excluding hydrogens is 224 g/mol. The third kappa shape index (κ3) is 2.74. The first-order valence-electron chi connectivity index (χ1n) is 5.07. The Hall–Kier alpha value is -2.05. The fourth-order valence-electron chi connectivity index (χ4n) is 1.76. The Labute approximate surface area is 98.6 Å². The molecule has 1 aromatic rings. The first-order valence-corrected chi connectivity index (χ1v) is 5.07. The standard InChI is InChI=1S/C10H16N4O3/c1-6-7(5-12-13-6)14(9(11)17)10(2,3)4-8(15)16/h5H,4H2,1-3H3,(H2,11,17)(H,12,13)(H,15,16). The normalized spacial score (nSPS) is 11.2. The van der Waals surface area contributed by atoms with E-state index in [-0.39, 0.29) is 6.42 Å². The van der Waals surface area contributed by atoms with Crippen molar-refractivity contribution < 1.29 is 14.7 Å². The maximum Gasteiger partial charge on any atom is 0.319 e. The largest absolute Gasteiger partial charge is 0.481 e. The van der Waals surface area contributed by atoms with E-state index in [2.05, 4.69) is 10.2 Å². The molecule has 0 saturated carbocycles. The molecule has 2 amide bonds. The molecule has 0 aliphatic carbocycles. The average Bonchev–Trinajstić information content (AvgIpc) is 2.48. The van der Waals surface area contributed by atoms with E-state index in [4.69, 9.17) is 10.8 Å². The van der Waals surface area contributed by atoms with E-state index in [0.29, 0.717) is 11.4 Å². The number of urea groups is 1. The number of nitrogens with zero attached hydrogens (tertiary/aromatic N) is 2. The van der Waals surface area contributed by atoms with Crippen LogP contribution in [0, 0.1) is 6.92 Å². The van der Waals surface area contributed by atoms with Crippen molar-refractivity contribution in [3.05, 3.63) is 11.9 Å². The lowest BCUT2D eigenvalue weighted by Crippen LogP contribution is -2.51. The summed E-state index contributed by atoms with van der Waals surface area (Å²) in [7, 11) is 0. The molecule has 0 saturated heterocycles. The molecule has 0 aromatic carbocycles. The molecule has 94 valence electrons. The lowest BCUT2D eigenvalue weighted by Gasteiger charge is -2.35. The number of hydrogen-bond acceptors (Lipinski definition) is 3. The molecule has 17 heavy (non-hydrogen) atoms. The number of nitrogens with one attached hydrogen (secondary N) is 1. The number of aromatic amines is 1. The Bertz CT molecular complexity index is 439. The number of hydrogen-bond donors (Lipinski definition) is 3. The topological polar surface area (TPSA) is 112 Å². The fourth-order valence-corrected chi connectivity index (χ4v) is 1.76. The van der Waals surface area contributed by atoms with Crippen LogP contribution in [0.2, 0.25) is 0 Å². The van der Waals surface area contributed by atoms with Gasteiger partial charge in [0.15, 0.2) is 0 Å². The third-order valence-corrected chi connectivity index (χ3v) is 2.45. The number of carboxylic acid groups (broad SMARTS) is 1. The van der Waals surface area contributed by atoms with Gasteiger partial charge in [-0.2, -0.15) is 5.10 Å². The number of nitrogens with two attached hydrogens (primary N) is 1. The van der Waals surface area contributed by atoms with Crippen LogP contribution in [0.1, 0.15) is 26.0 Å². The van der Waals surface area contributed by atoms with Crippen LogP contribution in [-0.4, -0.2) is 32.8 Å². The summed E-state index contributed by atoms with van der Waals surface area (Å²) < 4.78 is 0. The average molecular weight is 240 g/mol. The highest BCUT2D eigenvalue weighted by Crippen LogP contribution is 2.28. The van der Waals surface area contributed by atoms with Gasteiger partial charge in [0.2, 0.25) is 0 Å². The molecule has 0 bridgehead atoms. The predicted octanol–water partition coefficient (Wildman–Crippen LogP) is 0.857. The molecule has 1 heterocycles. The molecule has 0 atom stereocenters. The van der Waals surface area contributed by atoms with Gasteiger partial charge < -0.3 is 10.8 Å². The molecule has 7 nitrogen and oxygen atoms in total. The zero-order valence-electron chi connectivity index (χ0n) is 10.0. The van der Waals surface area contributed by atoms with E-state index < -0.39 is 17.5 Å². The first kappa shape index (κ1) is 13.0. The van der Waals surface area contributed by atoms with Crippen molar-refractivity contribution in [1.29, 1.82) is 0 Å². The summed E-state index contributed by atoms with van der Waals surface area (Å²) >= 11 is 0. The number of carboxylic acids is 1. The van der Waals surface area contributed by atoms with E-state index in [1.165, 1.54) is 11.1 Å². The van der Waals surface area contributed by atoms with E-state index in [0.717, 1.165) is 0 Å². The highest BCUT2D eigenvalue weighted by Gasteiger charge is 2.34. The highest BCUT2D eigenvalue weighted by molar-refractivity contribution is 5.93. The van der Waals surface area contributed by atoms with Crippen LogP contribution in [0.5, 0.6) is 0 Å². The molecule has 0 fully saturated rings. The van der Waals surface area contributed by atoms with Gasteiger partial charge in [0.05, 0.1) is 29.5 Å². The molecule has 0 spiro atoms. The number of aryl methyl sites for hydroxylation is 1. The van der Waals surface area contributed by atoms with Gasteiger partial charge >= 0.3 is 12.0 Å². The van der Waals surface area contributed by atoms with Gasteiger partial charge in [0.1, 0.15) is 0 Å². The van der Waals surface area contributed by atoms with Gasteiger partial charge in [-0.3, -0.25) is 14.8 Å². The van der Waals surface area contributed by atoms with Crippen molar-refractivity contribution in [3.8, 4) is 0 Å². The van der Waals surface area contributed by atoms with Gasteiger partial charge in [-0.05, 0) is 20.8 Å². The van der Waals surface area contributed by atoms with Gasteiger partial charge in [-0.1, -0.05) is 0 Å². The number of amides is 2. The molecule has 1 rings (SSSR count). The van der Waals surface area contributed by atoms with Crippen molar-refractivity contribution in [1.82, 2.24) is 10.2 Å². The fraction of sp³-hybridized carbons (Fsp3) is 0.500. The van der Waals surface area contributed by atoms with E-state index in [9.17, 15) is 9.59 Å². The number of aliphatic carboxylic acids is 1. The van der Waals surface area contributed by atoms with Crippen molar-refractivity contribution in [2.75, 3.05) is 4.90 Å². The van der Waals surface area contributed by atoms with Gasteiger partial charge in [-0.15, -0.1) is 0 Å². The molecule has 1 aromatic heterocycles. The third-order valence-electron chi connectivity index (χ3n) is 2.45. The van der Waals surface area contributed by atoms with Crippen LogP contribution in [0.25, 0.3) is 0 Å². The van der Waals surface area contributed by atoms with Gasteiger partial charge in [0.25, 0.3) is 0 Å². The molecule has 4 N–H and O–H groups in total. The smallest absolute Gasteiger partial charge is 0.319 e. The molecular formula is C10H16N4O3. The number of primary amides is 1. The van der Waals surface area contributed by atoms with Crippen molar-refractivity contribution in [2.45, 2.75) is 32.7 Å². The van der Waals surface area contributed by atoms with Crippen molar-refractivity contribution in [2.24, 2.45) is 5.73 Å². The summed E-state index contributed by atoms with van der Waals surface area (Å²) in [5.41, 5.74) is 5.53. The second-order valence-corrected chi connectivity index (χ2v) is 4.44. The number of rotatable bonds is 4. The minimum Gasteiger partial charge on any atom is -0.481 e. The Morgan fingerprint density at radius 2 is 2.18 bits per heavy atom. The van der Waals surface area contributed by atoms with Gasteiger partial charge in [0, 0.05) is 0 Å². The zero-order chi connectivity index (χ0) is 13.2.